The molecule has 1 fully saturated rings. The number of aromatic amines is 1. The smallest absolute Gasteiger partial charge is 0.240 e. The molecule has 1 aliphatic heterocycles. The summed E-state index contributed by atoms with van der Waals surface area (Å²) in [6.45, 7) is 0.367. The van der Waals surface area contributed by atoms with Gasteiger partial charge in [0.2, 0.25) is 15.8 Å². The van der Waals surface area contributed by atoms with E-state index >= 15 is 0 Å². The number of hydrogen-bond donors (Lipinski definition) is 4. The van der Waals surface area contributed by atoms with Crippen molar-refractivity contribution in [2.24, 2.45) is 5.14 Å². The molecular formula is C17H16N8O4S2. The summed E-state index contributed by atoms with van der Waals surface area (Å²) < 4.78 is 51.6. The van der Waals surface area contributed by atoms with Gasteiger partial charge >= 0.3 is 0 Å². The summed E-state index contributed by atoms with van der Waals surface area (Å²) in [5.74, 6) is -0.190. The summed E-state index contributed by atoms with van der Waals surface area (Å²) in [4.78, 5) is -1.11. The number of nitrogens with zero attached hydrogens (tertiary/aromatic N) is 4. The summed E-state index contributed by atoms with van der Waals surface area (Å²) >= 11 is 0. The molecule has 160 valence electrons. The molecule has 0 unspecified atom stereocenters. The Morgan fingerprint density at radius 3 is 2.39 bits per heavy atom. The minimum absolute atomic E-state index is 0.0777. The van der Waals surface area contributed by atoms with E-state index in [0.717, 1.165) is 0 Å². The molecule has 2 aromatic carbocycles. The van der Waals surface area contributed by atoms with Crippen molar-refractivity contribution in [3.8, 4) is 28.6 Å². The normalized spacial score (nSPS) is 14.7. The maximum Gasteiger partial charge on any atom is 0.240 e. The average molecular weight is 461 g/mol. The Morgan fingerprint density at radius 2 is 1.84 bits per heavy atom. The first kappa shape index (κ1) is 20.9. The van der Waals surface area contributed by atoms with Gasteiger partial charge in [0.15, 0.2) is 9.84 Å². The summed E-state index contributed by atoms with van der Waals surface area (Å²) in [7, 11) is -8.62. The summed E-state index contributed by atoms with van der Waals surface area (Å²) in [6, 6.07) is 9.13. The summed E-state index contributed by atoms with van der Waals surface area (Å²) in [6.07, 6.45) is 0. The second-order valence-corrected chi connectivity index (χ2v) is 10.5. The van der Waals surface area contributed by atoms with Crippen LogP contribution in [0.15, 0.2) is 40.1 Å². The third kappa shape index (κ3) is 3.43. The fraction of sp³-hybridized carbons (Fsp3) is 0.176. The van der Waals surface area contributed by atoms with Crippen LogP contribution in [0.5, 0.6) is 0 Å². The predicted molar refractivity (Wildman–Crippen MR) is 109 cm³/mol. The molecular weight excluding hydrogens is 444 g/mol. The highest BCUT2D eigenvalue weighted by Crippen LogP contribution is 2.42. The molecule has 1 aliphatic rings. The van der Waals surface area contributed by atoms with E-state index in [0.29, 0.717) is 0 Å². The molecule has 3 aromatic rings. The Labute approximate surface area is 177 Å². The number of nitrogens with two attached hydrogens (primary N) is 2. The number of tetrazole rings is 1. The number of benzene rings is 2. The average Bonchev–Trinajstić information content (AvgIpc) is 3.19. The Balaban J connectivity index is 2.14. The number of nitrogens with one attached hydrogen (secondary N) is 2. The monoisotopic (exact) mass is 460 g/mol. The van der Waals surface area contributed by atoms with E-state index in [1.807, 2.05) is 6.07 Å². The molecule has 6 N–H and O–H groups in total. The van der Waals surface area contributed by atoms with Gasteiger partial charge in [0.25, 0.3) is 0 Å². The second kappa shape index (κ2) is 7.39. The first-order valence-electron chi connectivity index (χ1n) is 8.83. The molecule has 12 nitrogen and oxygen atoms in total. The Hall–Kier alpha value is -3.38. The Kier molecular flexibility index (Phi) is 4.98. The third-order valence-electron chi connectivity index (χ3n) is 4.98. The first-order chi connectivity index (χ1) is 14.7. The van der Waals surface area contributed by atoms with Crippen molar-refractivity contribution >= 4 is 25.5 Å². The van der Waals surface area contributed by atoms with Crippen molar-refractivity contribution in [1.82, 2.24) is 25.9 Å². The molecule has 0 amide bonds. The number of H-pyrrole nitrogens is 1. The van der Waals surface area contributed by atoms with Crippen molar-refractivity contribution < 1.29 is 16.8 Å². The topological polar surface area (TPSA) is 211 Å². The fourth-order valence-electron chi connectivity index (χ4n) is 3.34. The highest BCUT2D eigenvalue weighted by Gasteiger charge is 2.38. The number of rotatable bonds is 5. The van der Waals surface area contributed by atoms with Crippen LogP contribution in [0.3, 0.4) is 0 Å². The van der Waals surface area contributed by atoms with Gasteiger partial charge in [0.05, 0.1) is 27.0 Å². The number of hydrogen-bond acceptors (Lipinski definition) is 10. The molecule has 0 atom stereocenters. The largest absolute Gasteiger partial charge is 0.397 e. The van der Waals surface area contributed by atoms with Crippen LogP contribution in [0.1, 0.15) is 5.56 Å². The molecule has 1 aromatic heterocycles. The van der Waals surface area contributed by atoms with Crippen LogP contribution < -0.4 is 16.2 Å². The van der Waals surface area contributed by atoms with Crippen LogP contribution in [-0.2, 0) is 19.9 Å². The minimum Gasteiger partial charge on any atom is -0.397 e. The number of nitriles is 1. The zero-order valence-corrected chi connectivity index (χ0v) is 17.4. The van der Waals surface area contributed by atoms with E-state index in [1.54, 1.807) is 12.1 Å². The lowest BCUT2D eigenvalue weighted by molar-refractivity contribution is 0.493. The SMILES string of the molecule is N#Cc1cccc(-c2ccc(S(=O)(=O)C3CNC3)c(S(N)(=O)=O)c2-c2nn[nH]n2)c1N. The molecule has 0 aliphatic carbocycles. The van der Waals surface area contributed by atoms with E-state index in [2.05, 4.69) is 25.9 Å². The van der Waals surface area contributed by atoms with Crippen molar-refractivity contribution in [3.63, 3.8) is 0 Å². The number of aromatic nitrogens is 4. The van der Waals surface area contributed by atoms with Crippen molar-refractivity contribution in [2.45, 2.75) is 15.0 Å². The molecule has 2 heterocycles. The van der Waals surface area contributed by atoms with Crippen LogP contribution in [0.2, 0.25) is 0 Å². The van der Waals surface area contributed by atoms with E-state index in [1.165, 1.54) is 18.2 Å². The number of sulfone groups is 1. The molecule has 0 bridgehead atoms. The number of primary sulfonamides is 1. The van der Waals surface area contributed by atoms with E-state index in [4.69, 9.17) is 10.9 Å². The summed E-state index contributed by atoms with van der Waals surface area (Å²) in [5, 5.41) is 30.2. The summed E-state index contributed by atoms with van der Waals surface area (Å²) in [5.41, 5.74) is 6.65. The Bertz CT molecular complexity index is 1420. The van der Waals surface area contributed by atoms with Crippen molar-refractivity contribution in [3.05, 3.63) is 35.9 Å². The number of para-hydroxylation sites is 1. The molecule has 31 heavy (non-hydrogen) atoms. The molecule has 1 saturated heterocycles. The maximum atomic E-state index is 13.1. The van der Waals surface area contributed by atoms with Gasteiger partial charge in [0.1, 0.15) is 11.0 Å². The van der Waals surface area contributed by atoms with Gasteiger partial charge in [-0.05, 0) is 22.9 Å². The van der Waals surface area contributed by atoms with E-state index in [-0.39, 0.29) is 46.9 Å². The minimum atomic E-state index is -4.58. The van der Waals surface area contributed by atoms with Gasteiger partial charge in [-0.25, -0.2) is 22.0 Å². The van der Waals surface area contributed by atoms with Crippen molar-refractivity contribution in [2.75, 3.05) is 18.8 Å². The molecule has 0 saturated carbocycles. The molecule has 14 heteroatoms. The Morgan fingerprint density at radius 1 is 1.10 bits per heavy atom. The maximum absolute atomic E-state index is 13.1. The number of sulfonamides is 1. The van der Waals surface area contributed by atoms with Crippen LogP contribution in [0.25, 0.3) is 22.5 Å². The van der Waals surface area contributed by atoms with E-state index in [9.17, 15) is 22.1 Å². The highest BCUT2D eigenvalue weighted by atomic mass is 32.2. The quantitative estimate of drug-likeness (QED) is 0.354. The fourth-order valence-corrected chi connectivity index (χ4v) is 6.53. The lowest BCUT2D eigenvalue weighted by atomic mass is 9.96. The predicted octanol–water partition coefficient (Wildman–Crippen LogP) is -0.620. The van der Waals surface area contributed by atoms with Gasteiger partial charge in [-0.3, -0.25) is 0 Å². The highest BCUT2D eigenvalue weighted by molar-refractivity contribution is 7.94. The molecule has 0 spiro atoms. The second-order valence-electron chi connectivity index (χ2n) is 6.80. The van der Waals surface area contributed by atoms with Crippen LogP contribution in [0.4, 0.5) is 5.69 Å². The molecule has 4 rings (SSSR count). The van der Waals surface area contributed by atoms with Crippen LogP contribution in [0, 0.1) is 11.3 Å². The van der Waals surface area contributed by atoms with Gasteiger partial charge in [-0.15, -0.1) is 10.2 Å². The zero-order chi connectivity index (χ0) is 22.4. The van der Waals surface area contributed by atoms with Gasteiger partial charge in [-0.1, -0.05) is 18.2 Å². The first-order valence-corrected chi connectivity index (χ1v) is 11.9. The zero-order valence-electron chi connectivity index (χ0n) is 15.8. The van der Waals surface area contributed by atoms with E-state index < -0.39 is 34.9 Å². The van der Waals surface area contributed by atoms with Gasteiger partial charge in [-0.2, -0.15) is 10.5 Å². The van der Waals surface area contributed by atoms with Gasteiger partial charge in [0, 0.05) is 18.7 Å². The van der Waals surface area contributed by atoms with Crippen LogP contribution in [-0.4, -0.2) is 55.8 Å². The number of anilines is 1. The standard InChI is InChI=1S/C17H16N8O4S2/c18-6-9-2-1-3-12(15(9)19)11-4-5-13(30(26,27)10-7-21-8-10)16(31(20,28)29)14(11)17-22-24-25-23-17/h1-5,10,21H,7-8,19H2,(H2,20,28,29)(H,22,23,24,25). The van der Waals surface area contributed by atoms with Gasteiger partial charge < -0.3 is 11.1 Å². The number of nitrogen functional groups attached to an aromatic ring is 1. The third-order valence-corrected chi connectivity index (χ3v) is 8.27. The molecule has 0 radical (unpaired) electrons. The lowest BCUT2D eigenvalue weighted by Gasteiger charge is -2.28. The van der Waals surface area contributed by atoms with Crippen molar-refractivity contribution in [1.29, 1.82) is 5.26 Å². The van der Waals surface area contributed by atoms with Crippen LogP contribution >= 0.6 is 0 Å². The lowest BCUT2D eigenvalue weighted by Crippen LogP contribution is -2.51.